The molecule has 0 radical (unpaired) electrons. The fourth-order valence-electron chi connectivity index (χ4n) is 3.70. The monoisotopic (exact) mass is 406 g/mol. The Kier molecular flexibility index (Phi) is 5.67. The molecule has 8 heteroatoms. The first kappa shape index (κ1) is 20.3. The quantitative estimate of drug-likeness (QED) is 0.465. The zero-order valence-corrected chi connectivity index (χ0v) is 18.1. The molecule has 0 aliphatic rings. The number of anilines is 1. The number of pyridine rings is 2. The van der Waals surface area contributed by atoms with Gasteiger partial charge in [-0.3, -0.25) is 9.78 Å². The molecular weight excluding hydrogens is 376 g/mol. The smallest absolute Gasteiger partial charge is 0.181 e. The molecule has 0 aromatic carbocycles. The highest BCUT2D eigenvalue weighted by Gasteiger charge is 2.20. The zero-order valence-electron chi connectivity index (χ0n) is 18.1. The Hall–Kier alpha value is -3.00. The molecule has 1 unspecified atom stereocenters. The summed E-state index contributed by atoms with van der Waals surface area (Å²) in [6, 6.07) is 5.99. The van der Waals surface area contributed by atoms with Crippen molar-refractivity contribution in [2.45, 2.75) is 27.2 Å². The predicted molar refractivity (Wildman–Crippen MR) is 121 cm³/mol. The van der Waals surface area contributed by atoms with E-state index in [9.17, 15) is 0 Å². The number of aryl methyl sites for hydroxylation is 1. The summed E-state index contributed by atoms with van der Waals surface area (Å²) < 4.78 is 1.84. The van der Waals surface area contributed by atoms with Crippen LogP contribution in [-0.2, 0) is 7.05 Å². The van der Waals surface area contributed by atoms with Gasteiger partial charge in [-0.05, 0) is 36.5 Å². The van der Waals surface area contributed by atoms with Gasteiger partial charge in [0.1, 0.15) is 5.52 Å². The minimum absolute atomic E-state index is 0.563. The van der Waals surface area contributed by atoms with Crippen molar-refractivity contribution in [3.8, 4) is 11.4 Å². The Morgan fingerprint density at radius 3 is 2.83 bits per heavy atom. The van der Waals surface area contributed by atoms with Crippen molar-refractivity contribution in [3.05, 3.63) is 30.6 Å². The number of nitrogens with one attached hydrogen (secondary N) is 1. The number of nitrogens with zero attached hydrogens (tertiary/aromatic N) is 6. The van der Waals surface area contributed by atoms with Crippen LogP contribution >= 0.6 is 0 Å². The number of fused-ring (bicyclic) bond motifs is 2. The summed E-state index contributed by atoms with van der Waals surface area (Å²) in [4.78, 5) is 11.6. The lowest BCUT2D eigenvalue weighted by Gasteiger charge is -2.26. The molecule has 4 rings (SSSR count). The predicted octanol–water partition coefficient (Wildman–Crippen LogP) is 3.35. The highest BCUT2D eigenvalue weighted by molar-refractivity contribution is 5.96. The Balaban J connectivity index is 1.81. The summed E-state index contributed by atoms with van der Waals surface area (Å²) in [5.41, 5.74) is 9.26. The van der Waals surface area contributed by atoms with Gasteiger partial charge in [-0.2, -0.15) is 10.2 Å². The van der Waals surface area contributed by atoms with Gasteiger partial charge >= 0.3 is 0 Å². The van der Waals surface area contributed by atoms with E-state index in [1.165, 1.54) is 0 Å². The molecule has 1 atom stereocenters. The molecule has 4 aromatic rings. The number of aromatic amines is 1. The van der Waals surface area contributed by atoms with E-state index in [2.05, 4.69) is 46.9 Å². The second-order valence-corrected chi connectivity index (χ2v) is 8.33. The molecule has 0 saturated heterocycles. The molecule has 3 N–H and O–H groups in total. The highest BCUT2D eigenvalue weighted by atomic mass is 15.3. The second-order valence-electron chi connectivity index (χ2n) is 8.33. The topological polar surface area (TPSA) is 102 Å². The summed E-state index contributed by atoms with van der Waals surface area (Å²) in [6.45, 7) is 9.03. The van der Waals surface area contributed by atoms with E-state index in [1.807, 2.05) is 30.1 Å². The summed E-state index contributed by atoms with van der Waals surface area (Å²) in [7, 11) is 1.94. The number of hydrogen-bond acceptors (Lipinski definition) is 6. The van der Waals surface area contributed by atoms with E-state index >= 15 is 0 Å². The molecule has 0 aliphatic heterocycles. The van der Waals surface area contributed by atoms with Crippen LogP contribution in [0.25, 0.3) is 33.3 Å². The van der Waals surface area contributed by atoms with Crippen LogP contribution in [0.2, 0.25) is 0 Å². The maximum absolute atomic E-state index is 5.97. The number of aromatic nitrogens is 6. The Morgan fingerprint density at radius 2 is 2.07 bits per heavy atom. The lowest BCUT2D eigenvalue weighted by Crippen LogP contribution is -2.32. The molecular formula is C22H30N8. The number of nitrogens with two attached hydrogens (primary N) is 1. The van der Waals surface area contributed by atoms with E-state index in [1.54, 1.807) is 6.20 Å². The van der Waals surface area contributed by atoms with E-state index in [0.29, 0.717) is 24.0 Å². The van der Waals surface area contributed by atoms with E-state index in [4.69, 9.17) is 15.8 Å². The first-order valence-corrected chi connectivity index (χ1v) is 10.6. The molecule has 0 bridgehead atoms. The van der Waals surface area contributed by atoms with E-state index in [0.717, 1.165) is 53.0 Å². The first-order valence-electron chi connectivity index (χ1n) is 10.6. The largest absolute Gasteiger partial charge is 0.353 e. The van der Waals surface area contributed by atoms with Crippen LogP contribution in [0, 0.1) is 11.8 Å². The summed E-state index contributed by atoms with van der Waals surface area (Å²) >= 11 is 0. The average Bonchev–Trinajstić information content (AvgIpc) is 3.32. The summed E-state index contributed by atoms with van der Waals surface area (Å²) in [5, 5.41) is 14.2. The lowest BCUT2D eigenvalue weighted by atomic mass is 9.94. The van der Waals surface area contributed by atoms with Crippen LogP contribution < -0.4 is 10.6 Å². The third-order valence-electron chi connectivity index (χ3n) is 5.86. The Bertz CT molecular complexity index is 1140. The van der Waals surface area contributed by atoms with Gasteiger partial charge in [0.15, 0.2) is 11.5 Å². The van der Waals surface area contributed by atoms with Gasteiger partial charge < -0.3 is 10.6 Å². The van der Waals surface area contributed by atoms with Gasteiger partial charge in [0.25, 0.3) is 0 Å². The fourth-order valence-corrected chi connectivity index (χ4v) is 3.70. The molecule has 0 aliphatic carbocycles. The van der Waals surface area contributed by atoms with Crippen molar-refractivity contribution < 1.29 is 0 Å². The van der Waals surface area contributed by atoms with Gasteiger partial charge in [-0.15, -0.1) is 0 Å². The van der Waals surface area contributed by atoms with Crippen LogP contribution in [-0.4, -0.2) is 49.6 Å². The molecule has 0 saturated carbocycles. The average molecular weight is 407 g/mol. The first-order chi connectivity index (χ1) is 14.5. The standard InChI is InChI=1S/C22H30N8/c1-14(2)15(3)7-10-30(11-8-23)22-19-16(13-29(4)28-19)12-18(25-22)20-17-6-5-9-24-21(17)27-26-20/h5-6,9,12-15H,7-8,10-11,23H2,1-4H3,(H,24,26,27). The van der Waals surface area contributed by atoms with Crippen LogP contribution in [0.5, 0.6) is 0 Å². The highest BCUT2D eigenvalue weighted by Crippen LogP contribution is 2.31. The number of hydrogen-bond donors (Lipinski definition) is 2. The maximum Gasteiger partial charge on any atom is 0.181 e. The van der Waals surface area contributed by atoms with Gasteiger partial charge in [0, 0.05) is 49.8 Å². The van der Waals surface area contributed by atoms with Gasteiger partial charge in [-0.1, -0.05) is 20.8 Å². The number of rotatable bonds is 8. The van der Waals surface area contributed by atoms with Crippen molar-refractivity contribution in [1.82, 2.24) is 29.9 Å². The van der Waals surface area contributed by atoms with Crippen molar-refractivity contribution in [3.63, 3.8) is 0 Å². The molecule has 158 valence electrons. The van der Waals surface area contributed by atoms with Gasteiger partial charge in [0.05, 0.1) is 11.4 Å². The molecule has 4 heterocycles. The molecule has 0 spiro atoms. The minimum Gasteiger partial charge on any atom is -0.353 e. The Morgan fingerprint density at radius 1 is 1.23 bits per heavy atom. The maximum atomic E-state index is 5.97. The van der Waals surface area contributed by atoms with Crippen LogP contribution in [0.4, 0.5) is 5.82 Å². The van der Waals surface area contributed by atoms with Gasteiger partial charge in [-0.25, -0.2) is 9.97 Å². The van der Waals surface area contributed by atoms with Crippen molar-refractivity contribution >= 4 is 27.8 Å². The van der Waals surface area contributed by atoms with Crippen LogP contribution in [0.3, 0.4) is 0 Å². The fraction of sp³-hybridized carbons (Fsp3) is 0.455. The lowest BCUT2D eigenvalue weighted by molar-refractivity contribution is 0.393. The molecule has 8 nitrogen and oxygen atoms in total. The Labute approximate surface area is 176 Å². The SMILES string of the molecule is CC(C)C(C)CCN(CCN)c1nc(-c2[nH]nc3ncccc23)cc2cn(C)nc12. The molecule has 4 aromatic heterocycles. The van der Waals surface area contributed by atoms with Crippen molar-refractivity contribution in [2.24, 2.45) is 24.6 Å². The van der Waals surface area contributed by atoms with E-state index < -0.39 is 0 Å². The molecule has 30 heavy (non-hydrogen) atoms. The molecule has 0 fully saturated rings. The third kappa shape index (κ3) is 3.87. The summed E-state index contributed by atoms with van der Waals surface area (Å²) in [5.74, 6) is 2.13. The zero-order chi connectivity index (χ0) is 21.3. The normalized spacial score (nSPS) is 12.9. The van der Waals surface area contributed by atoms with Crippen LogP contribution in [0.15, 0.2) is 30.6 Å². The summed E-state index contributed by atoms with van der Waals surface area (Å²) in [6.07, 6.45) is 4.85. The molecule has 0 amide bonds. The van der Waals surface area contributed by atoms with Crippen LogP contribution in [0.1, 0.15) is 27.2 Å². The van der Waals surface area contributed by atoms with Gasteiger partial charge in [0.2, 0.25) is 0 Å². The number of H-pyrrole nitrogens is 1. The second kappa shape index (κ2) is 8.39. The van der Waals surface area contributed by atoms with Crippen molar-refractivity contribution in [1.29, 1.82) is 0 Å². The van der Waals surface area contributed by atoms with E-state index in [-0.39, 0.29) is 0 Å². The minimum atomic E-state index is 0.563. The third-order valence-corrected chi connectivity index (χ3v) is 5.86. The van der Waals surface area contributed by atoms with Crippen molar-refractivity contribution in [2.75, 3.05) is 24.5 Å².